The predicted molar refractivity (Wildman–Crippen MR) is 44.8 cm³/mol. The molecule has 1 rings (SSSR count). The quantitative estimate of drug-likeness (QED) is 0.626. The molecule has 1 nitrogen and oxygen atoms in total. The minimum absolute atomic E-state index is 0.416. The molecule has 1 atom stereocenters. The van der Waals surface area contributed by atoms with E-state index in [4.69, 9.17) is 5.73 Å². The van der Waals surface area contributed by atoms with E-state index in [1.165, 1.54) is 19.3 Å². The first kappa shape index (κ1) is 8.06. The van der Waals surface area contributed by atoms with Crippen LogP contribution in [0.4, 0.5) is 0 Å². The SMILES string of the molecule is CCC1(C)CC(C(C)N)C1. The lowest BCUT2D eigenvalue weighted by molar-refractivity contribution is 0.0568. The molecule has 0 radical (unpaired) electrons. The molecule has 0 heterocycles. The molecule has 0 aromatic rings. The molecular formula is C9H19N. The summed E-state index contributed by atoms with van der Waals surface area (Å²) in [4.78, 5) is 0. The second-order valence-corrected chi connectivity index (χ2v) is 4.19. The van der Waals surface area contributed by atoms with E-state index in [0.29, 0.717) is 11.5 Å². The first-order chi connectivity index (χ1) is 4.57. The average molecular weight is 141 g/mol. The zero-order valence-electron chi connectivity index (χ0n) is 7.35. The second-order valence-electron chi connectivity index (χ2n) is 4.19. The fraction of sp³-hybridized carbons (Fsp3) is 1.00. The van der Waals surface area contributed by atoms with Gasteiger partial charge < -0.3 is 5.73 Å². The van der Waals surface area contributed by atoms with Crippen LogP contribution < -0.4 is 5.73 Å². The lowest BCUT2D eigenvalue weighted by atomic mass is 9.60. The van der Waals surface area contributed by atoms with Crippen LogP contribution in [0.25, 0.3) is 0 Å². The molecule has 1 fully saturated rings. The van der Waals surface area contributed by atoms with Gasteiger partial charge in [-0.1, -0.05) is 20.3 Å². The molecule has 0 spiro atoms. The monoisotopic (exact) mass is 141 g/mol. The van der Waals surface area contributed by atoms with Crippen LogP contribution in [0.2, 0.25) is 0 Å². The first-order valence-corrected chi connectivity index (χ1v) is 4.33. The topological polar surface area (TPSA) is 26.0 Å². The summed E-state index contributed by atoms with van der Waals surface area (Å²) in [5.74, 6) is 0.810. The van der Waals surface area contributed by atoms with Crippen molar-refractivity contribution in [2.45, 2.75) is 46.1 Å². The zero-order chi connectivity index (χ0) is 7.78. The van der Waals surface area contributed by atoms with Crippen molar-refractivity contribution in [3.05, 3.63) is 0 Å². The zero-order valence-corrected chi connectivity index (χ0v) is 7.35. The molecule has 0 aliphatic heterocycles. The van der Waals surface area contributed by atoms with Gasteiger partial charge in [0.15, 0.2) is 0 Å². The summed E-state index contributed by atoms with van der Waals surface area (Å²) in [6.45, 7) is 6.77. The van der Waals surface area contributed by atoms with Gasteiger partial charge in [0, 0.05) is 6.04 Å². The van der Waals surface area contributed by atoms with Crippen LogP contribution in [0.3, 0.4) is 0 Å². The molecule has 1 aliphatic carbocycles. The first-order valence-electron chi connectivity index (χ1n) is 4.33. The van der Waals surface area contributed by atoms with E-state index in [0.717, 1.165) is 5.92 Å². The minimum atomic E-state index is 0.416. The number of hydrogen-bond donors (Lipinski definition) is 1. The summed E-state index contributed by atoms with van der Waals surface area (Å²) in [5.41, 5.74) is 6.41. The summed E-state index contributed by atoms with van der Waals surface area (Å²) in [5, 5.41) is 0. The Balaban J connectivity index is 2.29. The third kappa shape index (κ3) is 1.34. The Morgan fingerprint density at radius 2 is 2.10 bits per heavy atom. The smallest absolute Gasteiger partial charge is 0.00391 e. The Kier molecular flexibility index (Phi) is 2.04. The van der Waals surface area contributed by atoms with Crippen molar-refractivity contribution in [3.63, 3.8) is 0 Å². The van der Waals surface area contributed by atoms with Crippen molar-refractivity contribution in [1.29, 1.82) is 0 Å². The maximum absolute atomic E-state index is 5.77. The molecule has 0 aromatic heterocycles. The average Bonchev–Trinajstić information content (AvgIpc) is 1.80. The fourth-order valence-corrected chi connectivity index (χ4v) is 1.87. The summed E-state index contributed by atoms with van der Waals surface area (Å²) in [7, 11) is 0. The highest BCUT2D eigenvalue weighted by Crippen LogP contribution is 2.48. The van der Waals surface area contributed by atoms with Gasteiger partial charge in [0.05, 0.1) is 0 Å². The van der Waals surface area contributed by atoms with Crippen LogP contribution in [-0.2, 0) is 0 Å². The third-order valence-electron chi connectivity index (χ3n) is 3.11. The fourth-order valence-electron chi connectivity index (χ4n) is 1.87. The third-order valence-corrected chi connectivity index (χ3v) is 3.11. The molecule has 0 bridgehead atoms. The predicted octanol–water partition coefficient (Wildman–Crippen LogP) is 2.16. The van der Waals surface area contributed by atoms with Gasteiger partial charge in [-0.2, -0.15) is 0 Å². The molecule has 10 heavy (non-hydrogen) atoms. The normalized spacial score (nSPS) is 42.6. The van der Waals surface area contributed by atoms with E-state index in [-0.39, 0.29) is 0 Å². The van der Waals surface area contributed by atoms with Gasteiger partial charge in [-0.25, -0.2) is 0 Å². The Labute approximate surface area is 64.0 Å². The highest BCUT2D eigenvalue weighted by Gasteiger charge is 2.39. The number of nitrogens with two attached hydrogens (primary N) is 1. The van der Waals surface area contributed by atoms with Crippen molar-refractivity contribution in [2.75, 3.05) is 0 Å². The Bertz CT molecular complexity index is 112. The molecule has 60 valence electrons. The van der Waals surface area contributed by atoms with Crippen molar-refractivity contribution < 1.29 is 0 Å². The number of rotatable bonds is 2. The highest BCUT2D eigenvalue weighted by atomic mass is 14.7. The van der Waals surface area contributed by atoms with Gasteiger partial charge in [-0.15, -0.1) is 0 Å². The molecule has 1 saturated carbocycles. The molecule has 1 heteroatoms. The van der Waals surface area contributed by atoms with E-state index >= 15 is 0 Å². The van der Waals surface area contributed by atoms with Gasteiger partial charge in [-0.05, 0) is 31.1 Å². The van der Waals surface area contributed by atoms with Gasteiger partial charge in [0.2, 0.25) is 0 Å². The molecule has 1 aliphatic rings. The summed E-state index contributed by atoms with van der Waals surface area (Å²) in [6.07, 6.45) is 4.01. The van der Waals surface area contributed by atoms with Crippen LogP contribution in [-0.4, -0.2) is 6.04 Å². The van der Waals surface area contributed by atoms with Crippen LogP contribution in [0.1, 0.15) is 40.0 Å². The lowest BCUT2D eigenvalue weighted by Gasteiger charge is -2.46. The maximum atomic E-state index is 5.77. The van der Waals surface area contributed by atoms with Crippen LogP contribution >= 0.6 is 0 Å². The molecule has 0 saturated heterocycles. The Hall–Kier alpha value is -0.0400. The van der Waals surface area contributed by atoms with E-state index in [1.54, 1.807) is 0 Å². The lowest BCUT2D eigenvalue weighted by Crippen LogP contribution is -2.42. The minimum Gasteiger partial charge on any atom is -0.328 e. The van der Waals surface area contributed by atoms with Crippen LogP contribution in [0.5, 0.6) is 0 Å². The van der Waals surface area contributed by atoms with E-state index in [2.05, 4.69) is 20.8 Å². The number of hydrogen-bond acceptors (Lipinski definition) is 1. The van der Waals surface area contributed by atoms with Crippen LogP contribution in [0, 0.1) is 11.3 Å². The summed E-state index contributed by atoms with van der Waals surface area (Å²) < 4.78 is 0. The molecule has 0 aromatic carbocycles. The van der Waals surface area contributed by atoms with E-state index in [1.807, 2.05) is 0 Å². The molecular weight excluding hydrogens is 122 g/mol. The van der Waals surface area contributed by atoms with Gasteiger partial charge in [-0.3, -0.25) is 0 Å². The second kappa shape index (κ2) is 2.54. The van der Waals surface area contributed by atoms with Gasteiger partial charge in [0.1, 0.15) is 0 Å². The Morgan fingerprint density at radius 1 is 1.60 bits per heavy atom. The van der Waals surface area contributed by atoms with Gasteiger partial charge in [0.25, 0.3) is 0 Å². The summed E-state index contributed by atoms with van der Waals surface area (Å²) in [6, 6.07) is 0.416. The van der Waals surface area contributed by atoms with Crippen LogP contribution in [0.15, 0.2) is 0 Å². The van der Waals surface area contributed by atoms with Crippen molar-refractivity contribution in [2.24, 2.45) is 17.1 Å². The maximum Gasteiger partial charge on any atom is 0.00391 e. The van der Waals surface area contributed by atoms with Crippen molar-refractivity contribution in [3.8, 4) is 0 Å². The standard InChI is InChI=1S/C9H19N/c1-4-9(3)5-8(6-9)7(2)10/h7-8H,4-6,10H2,1-3H3. The summed E-state index contributed by atoms with van der Waals surface area (Å²) >= 11 is 0. The van der Waals surface area contributed by atoms with Gasteiger partial charge >= 0.3 is 0 Å². The molecule has 0 amide bonds. The van der Waals surface area contributed by atoms with E-state index in [9.17, 15) is 0 Å². The Morgan fingerprint density at radius 3 is 2.40 bits per heavy atom. The molecule has 2 N–H and O–H groups in total. The highest BCUT2D eigenvalue weighted by molar-refractivity contribution is 4.92. The largest absolute Gasteiger partial charge is 0.328 e. The van der Waals surface area contributed by atoms with E-state index < -0.39 is 0 Å². The molecule has 1 unspecified atom stereocenters. The van der Waals surface area contributed by atoms with Crippen molar-refractivity contribution in [1.82, 2.24) is 0 Å². The van der Waals surface area contributed by atoms with Crippen molar-refractivity contribution >= 4 is 0 Å².